The molecule has 1 aliphatic carbocycles. The maximum Gasteiger partial charge on any atom is 0.272 e. The first-order valence-corrected chi connectivity index (χ1v) is 7.55. The summed E-state index contributed by atoms with van der Waals surface area (Å²) in [7, 11) is 0. The van der Waals surface area contributed by atoms with Gasteiger partial charge in [-0.2, -0.15) is 0 Å². The first-order valence-electron chi connectivity index (χ1n) is 7.55. The number of aryl methyl sites for hydroxylation is 1. The third-order valence-electron chi connectivity index (χ3n) is 4.59. The number of hydrogen-bond acceptors (Lipinski definition) is 3. The third-order valence-corrected chi connectivity index (χ3v) is 4.59. The van der Waals surface area contributed by atoms with Gasteiger partial charge < -0.3 is 5.32 Å². The first kappa shape index (κ1) is 15.0. The van der Waals surface area contributed by atoms with Crippen LogP contribution in [-0.4, -0.2) is 17.5 Å². The van der Waals surface area contributed by atoms with Crippen LogP contribution >= 0.6 is 0 Å². The Labute approximate surface area is 120 Å². The topological polar surface area (TPSA) is 55.2 Å². The highest BCUT2D eigenvalue weighted by Gasteiger charge is 2.46. The van der Waals surface area contributed by atoms with Crippen LogP contribution in [0.15, 0.2) is 24.3 Å². The van der Waals surface area contributed by atoms with Crippen molar-refractivity contribution in [3.63, 3.8) is 0 Å². The van der Waals surface area contributed by atoms with Crippen LogP contribution in [0.4, 0.5) is 5.69 Å². The fraction of sp³-hybridized carbons (Fsp3) is 0.625. The fourth-order valence-electron chi connectivity index (χ4n) is 2.92. The van der Waals surface area contributed by atoms with Crippen molar-refractivity contribution in [2.75, 3.05) is 6.54 Å². The molecule has 0 radical (unpaired) electrons. The average Bonchev–Trinajstić information content (AvgIpc) is 3.24. The second kappa shape index (κ2) is 6.35. The quantitative estimate of drug-likeness (QED) is 0.582. The molecule has 0 bridgehead atoms. The first-order chi connectivity index (χ1) is 9.59. The lowest BCUT2D eigenvalue weighted by Gasteiger charge is -2.24. The smallest absolute Gasteiger partial charge is 0.272 e. The molecular formula is C16H24N2O2. The summed E-state index contributed by atoms with van der Waals surface area (Å²) in [4.78, 5) is 10.8. The van der Waals surface area contributed by atoms with Crippen LogP contribution in [0.25, 0.3) is 0 Å². The van der Waals surface area contributed by atoms with Gasteiger partial charge in [0.2, 0.25) is 0 Å². The standard InChI is InChI=1S/C16H24N2O2/c1-3-12-17-13(2)16(10-11-16)9-8-14-6-4-5-7-15(14)18(19)20/h4-7,13,17H,3,8-12H2,1-2H3. The van der Waals surface area contributed by atoms with Gasteiger partial charge in [0.1, 0.15) is 0 Å². The van der Waals surface area contributed by atoms with Gasteiger partial charge in [-0.3, -0.25) is 10.1 Å². The van der Waals surface area contributed by atoms with Gasteiger partial charge in [0.15, 0.2) is 0 Å². The van der Waals surface area contributed by atoms with Crippen LogP contribution in [0.2, 0.25) is 0 Å². The van der Waals surface area contributed by atoms with Crippen LogP contribution in [-0.2, 0) is 6.42 Å². The molecule has 1 fully saturated rings. The van der Waals surface area contributed by atoms with Gasteiger partial charge in [-0.05, 0) is 51.0 Å². The van der Waals surface area contributed by atoms with E-state index in [1.807, 2.05) is 12.1 Å². The largest absolute Gasteiger partial charge is 0.314 e. The molecule has 0 aromatic heterocycles. The second-order valence-electron chi connectivity index (χ2n) is 5.92. The highest BCUT2D eigenvalue weighted by Crippen LogP contribution is 2.52. The van der Waals surface area contributed by atoms with Crippen molar-refractivity contribution in [3.05, 3.63) is 39.9 Å². The van der Waals surface area contributed by atoms with E-state index in [0.29, 0.717) is 11.5 Å². The van der Waals surface area contributed by atoms with Crippen molar-refractivity contribution >= 4 is 5.69 Å². The predicted octanol–water partition coefficient (Wildman–Crippen LogP) is 3.70. The molecule has 0 saturated heterocycles. The molecular weight excluding hydrogens is 252 g/mol. The van der Waals surface area contributed by atoms with E-state index in [0.717, 1.165) is 31.4 Å². The predicted molar refractivity (Wildman–Crippen MR) is 80.8 cm³/mol. The summed E-state index contributed by atoms with van der Waals surface area (Å²) in [6.07, 6.45) is 5.46. The van der Waals surface area contributed by atoms with Gasteiger partial charge >= 0.3 is 0 Å². The lowest BCUT2D eigenvalue weighted by atomic mass is 9.90. The Hall–Kier alpha value is -1.42. The van der Waals surface area contributed by atoms with E-state index >= 15 is 0 Å². The zero-order valence-electron chi connectivity index (χ0n) is 12.4. The van der Waals surface area contributed by atoms with E-state index < -0.39 is 0 Å². The van der Waals surface area contributed by atoms with Crippen LogP contribution in [0, 0.1) is 15.5 Å². The summed E-state index contributed by atoms with van der Waals surface area (Å²) in [6.45, 7) is 5.48. The highest BCUT2D eigenvalue weighted by molar-refractivity contribution is 5.40. The summed E-state index contributed by atoms with van der Waals surface area (Å²) in [5.74, 6) is 0. The minimum absolute atomic E-state index is 0.262. The summed E-state index contributed by atoms with van der Waals surface area (Å²) in [5.41, 5.74) is 1.49. The van der Waals surface area contributed by atoms with Crippen molar-refractivity contribution in [2.45, 2.75) is 52.0 Å². The maximum absolute atomic E-state index is 11.0. The van der Waals surface area contributed by atoms with Gasteiger partial charge in [-0.1, -0.05) is 25.1 Å². The Kier molecular flexibility index (Phi) is 4.76. The molecule has 1 aromatic carbocycles. The molecule has 1 saturated carbocycles. The SMILES string of the molecule is CCCNC(C)C1(CCc2ccccc2[N+](=O)[O-])CC1. The second-order valence-corrected chi connectivity index (χ2v) is 5.92. The van der Waals surface area contributed by atoms with Gasteiger partial charge in [0.25, 0.3) is 5.69 Å². The third kappa shape index (κ3) is 3.37. The number of nitro benzene ring substituents is 1. The number of benzene rings is 1. The number of hydrogen-bond donors (Lipinski definition) is 1. The lowest BCUT2D eigenvalue weighted by Crippen LogP contribution is -2.35. The molecule has 0 aliphatic heterocycles. The average molecular weight is 276 g/mol. The molecule has 1 N–H and O–H groups in total. The van der Waals surface area contributed by atoms with E-state index in [1.54, 1.807) is 12.1 Å². The van der Waals surface area contributed by atoms with E-state index in [1.165, 1.54) is 12.8 Å². The zero-order valence-corrected chi connectivity index (χ0v) is 12.4. The Balaban J connectivity index is 1.97. The van der Waals surface area contributed by atoms with Crippen LogP contribution in [0.1, 0.15) is 45.1 Å². The van der Waals surface area contributed by atoms with Gasteiger partial charge in [-0.25, -0.2) is 0 Å². The number of nitrogens with zero attached hydrogens (tertiary/aromatic N) is 1. The minimum atomic E-state index is -0.270. The molecule has 2 rings (SSSR count). The maximum atomic E-state index is 11.0. The molecule has 0 spiro atoms. The molecule has 20 heavy (non-hydrogen) atoms. The summed E-state index contributed by atoms with van der Waals surface area (Å²) >= 11 is 0. The molecule has 1 aliphatic rings. The molecule has 0 amide bonds. The molecule has 1 atom stereocenters. The van der Waals surface area contributed by atoms with Crippen molar-refractivity contribution < 1.29 is 4.92 Å². The van der Waals surface area contributed by atoms with Crippen LogP contribution in [0.5, 0.6) is 0 Å². The number of nitro groups is 1. The van der Waals surface area contributed by atoms with Crippen molar-refractivity contribution in [1.29, 1.82) is 0 Å². The summed E-state index contributed by atoms with van der Waals surface area (Å²) < 4.78 is 0. The zero-order chi connectivity index (χ0) is 14.6. The van der Waals surface area contributed by atoms with E-state index in [-0.39, 0.29) is 10.6 Å². The highest BCUT2D eigenvalue weighted by atomic mass is 16.6. The van der Waals surface area contributed by atoms with E-state index in [2.05, 4.69) is 19.2 Å². The van der Waals surface area contributed by atoms with Gasteiger partial charge in [-0.15, -0.1) is 0 Å². The molecule has 1 aromatic rings. The monoisotopic (exact) mass is 276 g/mol. The Morgan fingerprint density at radius 2 is 2.10 bits per heavy atom. The number of para-hydroxylation sites is 1. The fourth-order valence-corrected chi connectivity index (χ4v) is 2.92. The molecule has 1 unspecified atom stereocenters. The number of rotatable bonds is 8. The minimum Gasteiger partial charge on any atom is -0.314 e. The van der Waals surface area contributed by atoms with Crippen molar-refractivity contribution in [2.24, 2.45) is 5.41 Å². The molecule has 0 heterocycles. The Bertz CT molecular complexity index is 469. The van der Waals surface area contributed by atoms with E-state index in [4.69, 9.17) is 0 Å². The molecule has 110 valence electrons. The van der Waals surface area contributed by atoms with Crippen molar-refractivity contribution in [1.82, 2.24) is 5.32 Å². The molecule has 4 heteroatoms. The van der Waals surface area contributed by atoms with Gasteiger partial charge in [0.05, 0.1) is 4.92 Å². The Morgan fingerprint density at radius 1 is 1.40 bits per heavy atom. The van der Waals surface area contributed by atoms with Crippen molar-refractivity contribution in [3.8, 4) is 0 Å². The van der Waals surface area contributed by atoms with Gasteiger partial charge in [0, 0.05) is 17.7 Å². The summed E-state index contributed by atoms with van der Waals surface area (Å²) in [5, 5.41) is 14.6. The Morgan fingerprint density at radius 3 is 2.70 bits per heavy atom. The number of nitrogens with one attached hydrogen (secondary N) is 1. The normalized spacial score (nSPS) is 17.7. The van der Waals surface area contributed by atoms with Crippen LogP contribution in [0.3, 0.4) is 0 Å². The lowest BCUT2D eigenvalue weighted by molar-refractivity contribution is -0.385. The van der Waals surface area contributed by atoms with Crippen LogP contribution < -0.4 is 5.32 Å². The molecule has 4 nitrogen and oxygen atoms in total. The summed E-state index contributed by atoms with van der Waals surface area (Å²) in [6, 6.07) is 7.62. The van der Waals surface area contributed by atoms with E-state index in [9.17, 15) is 10.1 Å².